The third-order valence-corrected chi connectivity index (χ3v) is 5.21. The number of rotatable bonds is 0. The molecule has 0 heterocycles. The van der Waals surface area contributed by atoms with Crippen LogP contribution in [0.3, 0.4) is 0 Å². The Balaban J connectivity index is 1.89. The molecule has 3 fully saturated rings. The fourth-order valence-corrected chi connectivity index (χ4v) is 4.82. The summed E-state index contributed by atoms with van der Waals surface area (Å²) in [6.07, 6.45) is 11.3. The van der Waals surface area contributed by atoms with Crippen molar-refractivity contribution in [3.05, 3.63) is 12.2 Å². The van der Waals surface area contributed by atoms with Crippen LogP contribution in [0.5, 0.6) is 0 Å². The predicted octanol–water partition coefficient (Wildman–Crippen LogP) is 2.61. The van der Waals surface area contributed by atoms with Crippen molar-refractivity contribution in [3.63, 3.8) is 0 Å². The van der Waals surface area contributed by atoms with E-state index in [1.165, 1.54) is 0 Å². The maximum Gasteiger partial charge on any atom is -0.0115 e. The molecular formula is C11H14. The molecule has 0 unspecified atom stereocenters. The maximum atomic E-state index is 2.53. The molecule has 0 radical (unpaired) electrons. The lowest BCUT2D eigenvalue weighted by Crippen LogP contribution is -2.57. The van der Waals surface area contributed by atoms with Crippen molar-refractivity contribution >= 4 is 0 Å². The van der Waals surface area contributed by atoms with Crippen molar-refractivity contribution in [2.24, 2.45) is 29.1 Å². The lowest BCUT2D eigenvalue weighted by Gasteiger charge is -2.62. The van der Waals surface area contributed by atoms with Gasteiger partial charge in [-0.15, -0.1) is 0 Å². The molecule has 0 bridgehead atoms. The summed E-state index contributed by atoms with van der Waals surface area (Å²) in [6.45, 7) is 0. The van der Waals surface area contributed by atoms with E-state index in [1.807, 2.05) is 0 Å². The first-order chi connectivity index (χ1) is 5.42. The Bertz CT molecular complexity index is 225. The zero-order valence-corrected chi connectivity index (χ0v) is 6.79. The highest BCUT2D eigenvalue weighted by Crippen LogP contribution is 2.78. The largest absolute Gasteiger partial charge is 0.0845 e. The Morgan fingerprint density at radius 2 is 1.45 bits per heavy atom. The van der Waals surface area contributed by atoms with Crippen LogP contribution in [0.15, 0.2) is 12.2 Å². The van der Waals surface area contributed by atoms with E-state index in [4.69, 9.17) is 0 Å². The van der Waals surface area contributed by atoms with Crippen LogP contribution in [-0.4, -0.2) is 0 Å². The van der Waals surface area contributed by atoms with Crippen molar-refractivity contribution in [1.29, 1.82) is 0 Å². The fraction of sp³-hybridized carbons (Fsp3) is 0.818. The van der Waals surface area contributed by atoms with Crippen LogP contribution >= 0.6 is 0 Å². The highest BCUT2D eigenvalue weighted by molar-refractivity contribution is 5.31. The Morgan fingerprint density at radius 3 is 2.00 bits per heavy atom. The van der Waals surface area contributed by atoms with Gasteiger partial charge in [-0.3, -0.25) is 0 Å². The molecule has 0 aromatic rings. The first-order valence-electron chi connectivity index (χ1n) is 5.10. The van der Waals surface area contributed by atoms with E-state index in [0.29, 0.717) is 0 Å². The fourth-order valence-electron chi connectivity index (χ4n) is 4.82. The lowest BCUT2D eigenvalue weighted by molar-refractivity contribution is -0.134. The molecular weight excluding hydrogens is 132 g/mol. The normalized spacial score (nSPS) is 68.4. The van der Waals surface area contributed by atoms with Gasteiger partial charge in [0, 0.05) is 0 Å². The summed E-state index contributed by atoms with van der Waals surface area (Å²) in [5.74, 6) is 4.40. The van der Waals surface area contributed by atoms with Gasteiger partial charge >= 0.3 is 0 Å². The second kappa shape index (κ2) is 1.32. The Hall–Kier alpha value is -0.260. The minimum atomic E-state index is 0.889. The zero-order chi connectivity index (χ0) is 7.05. The minimum absolute atomic E-state index is 0.889. The van der Waals surface area contributed by atoms with Gasteiger partial charge in [0.1, 0.15) is 0 Å². The van der Waals surface area contributed by atoms with Gasteiger partial charge in [-0.05, 0) is 54.8 Å². The van der Waals surface area contributed by atoms with Crippen molar-refractivity contribution in [1.82, 2.24) is 0 Å². The molecule has 0 aromatic carbocycles. The van der Waals surface area contributed by atoms with Crippen molar-refractivity contribution in [2.45, 2.75) is 25.7 Å². The molecule has 0 aromatic heterocycles. The summed E-state index contributed by atoms with van der Waals surface area (Å²) in [5, 5.41) is 0. The quantitative estimate of drug-likeness (QED) is 0.461. The predicted molar refractivity (Wildman–Crippen MR) is 44.0 cm³/mol. The molecule has 0 aliphatic heterocycles. The van der Waals surface area contributed by atoms with Gasteiger partial charge in [0.2, 0.25) is 0 Å². The second-order valence-electron chi connectivity index (χ2n) is 5.04. The molecule has 4 aliphatic carbocycles. The van der Waals surface area contributed by atoms with Crippen molar-refractivity contribution < 1.29 is 0 Å². The zero-order valence-electron chi connectivity index (χ0n) is 6.79. The van der Waals surface area contributed by atoms with Crippen LogP contribution in [0.2, 0.25) is 0 Å². The first kappa shape index (κ1) is 5.40. The highest BCUT2D eigenvalue weighted by atomic mass is 14.7. The smallest absolute Gasteiger partial charge is 0.0115 e. The highest BCUT2D eigenvalue weighted by Gasteiger charge is 2.71. The van der Waals surface area contributed by atoms with Gasteiger partial charge in [-0.1, -0.05) is 12.2 Å². The van der Waals surface area contributed by atoms with Gasteiger partial charge in [0.15, 0.2) is 0 Å². The average Bonchev–Trinajstić information content (AvgIpc) is 2.30. The van der Waals surface area contributed by atoms with E-state index in [2.05, 4.69) is 12.2 Å². The van der Waals surface area contributed by atoms with E-state index < -0.39 is 0 Å². The molecule has 4 rings (SSSR count). The van der Waals surface area contributed by atoms with Gasteiger partial charge in [-0.2, -0.15) is 0 Å². The third-order valence-electron chi connectivity index (χ3n) is 5.21. The summed E-state index contributed by atoms with van der Waals surface area (Å²) >= 11 is 0. The van der Waals surface area contributed by atoms with Gasteiger partial charge < -0.3 is 0 Å². The molecule has 0 saturated heterocycles. The molecule has 11 heavy (non-hydrogen) atoms. The standard InChI is InChI=1S/C11H14/c1-2-8-6-10-4-3-9-5-7(1)11(8,9)10/h1-2,7-10H,3-6H2/t7-,8-,9+,10+,11?/m0/s1. The molecule has 4 aliphatic rings. The van der Waals surface area contributed by atoms with Gasteiger partial charge in [-0.25, -0.2) is 0 Å². The van der Waals surface area contributed by atoms with Crippen LogP contribution in [0, 0.1) is 29.1 Å². The molecule has 0 heteroatoms. The van der Waals surface area contributed by atoms with Crippen LogP contribution in [-0.2, 0) is 0 Å². The summed E-state index contributed by atoms with van der Waals surface area (Å²) < 4.78 is 0. The lowest BCUT2D eigenvalue weighted by atomic mass is 9.41. The number of hydrogen-bond acceptors (Lipinski definition) is 0. The molecule has 3 saturated carbocycles. The molecule has 1 spiro atoms. The van der Waals surface area contributed by atoms with Gasteiger partial charge in [0.25, 0.3) is 0 Å². The maximum absolute atomic E-state index is 2.53. The Morgan fingerprint density at radius 1 is 0.909 bits per heavy atom. The summed E-state index contributed by atoms with van der Waals surface area (Å²) in [6, 6.07) is 0. The van der Waals surface area contributed by atoms with Gasteiger partial charge in [0.05, 0.1) is 0 Å². The molecule has 4 atom stereocenters. The Kier molecular flexibility index (Phi) is 0.648. The van der Waals surface area contributed by atoms with E-state index in [0.717, 1.165) is 29.1 Å². The average molecular weight is 146 g/mol. The van der Waals surface area contributed by atoms with E-state index in [9.17, 15) is 0 Å². The van der Waals surface area contributed by atoms with E-state index >= 15 is 0 Å². The second-order valence-corrected chi connectivity index (χ2v) is 5.04. The third kappa shape index (κ3) is 0.335. The number of allylic oxidation sites excluding steroid dienone is 2. The monoisotopic (exact) mass is 146 g/mol. The summed E-state index contributed by atoms with van der Waals surface area (Å²) in [4.78, 5) is 0. The molecule has 58 valence electrons. The minimum Gasteiger partial charge on any atom is -0.0845 e. The summed E-state index contributed by atoms with van der Waals surface area (Å²) in [7, 11) is 0. The first-order valence-corrected chi connectivity index (χ1v) is 5.10. The molecule has 0 nitrogen and oxygen atoms in total. The molecule has 0 amide bonds. The van der Waals surface area contributed by atoms with Crippen LogP contribution in [0.1, 0.15) is 25.7 Å². The van der Waals surface area contributed by atoms with Crippen LogP contribution in [0.25, 0.3) is 0 Å². The SMILES string of the molecule is C1=C[C@H]2C[C@H]3CC[C@@H]4C[C@H]1C432. The van der Waals surface area contributed by atoms with Crippen molar-refractivity contribution in [3.8, 4) is 0 Å². The van der Waals surface area contributed by atoms with E-state index in [-0.39, 0.29) is 0 Å². The van der Waals surface area contributed by atoms with Crippen molar-refractivity contribution in [2.75, 3.05) is 0 Å². The van der Waals surface area contributed by atoms with Crippen LogP contribution in [0.4, 0.5) is 0 Å². The number of hydrogen-bond donors (Lipinski definition) is 0. The Labute approximate surface area is 67.7 Å². The topological polar surface area (TPSA) is 0 Å². The molecule has 0 N–H and O–H groups in total. The van der Waals surface area contributed by atoms with E-state index in [1.54, 1.807) is 25.7 Å². The van der Waals surface area contributed by atoms with Crippen LogP contribution < -0.4 is 0 Å². The summed E-state index contributed by atoms with van der Waals surface area (Å²) in [5.41, 5.74) is 0.889.